The zero-order valence-corrected chi connectivity index (χ0v) is 18.1. The minimum Gasteiger partial charge on any atom is -0.514 e. The number of nitrogens with one attached hydrogen (secondary N) is 2. The van der Waals surface area contributed by atoms with Crippen molar-refractivity contribution in [1.29, 1.82) is 0 Å². The maximum Gasteiger partial charge on any atom is 0.322 e. The lowest BCUT2D eigenvalue weighted by atomic mass is 9.85. The van der Waals surface area contributed by atoms with Crippen LogP contribution >= 0.6 is 0 Å². The van der Waals surface area contributed by atoms with Gasteiger partial charge in [-0.15, -0.1) is 0 Å². The number of aromatic nitrogens is 1. The molecule has 2 atom stereocenters. The number of urea groups is 1. The summed E-state index contributed by atoms with van der Waals surface area (Å²) in [5.74, 6) is -1.73. The molecular weight excluding hydrogens is 432 g/mol. The van der Waals surface area contributed by atoms with E-state index in [2.05, 4.69) is 15.6 Å². The first-order valence-electron chi connectivity index (χ1n) is 10.7. The van der Waals surface area contributed by atoms with E-state index in [9.17, 15) is 23.5 Å². The van der Waals surface area contributed by atoms with Crippen LogP contribution in [0.15, 0.2) is 54.7 Å². The fourth-order valence-corrected chi connectivity index (χ4v) is 4.56. The Morgan fingerprint density at radius 2 is 2.03 bits per heavy atom. The van der Waals surface area contributed by atoms with Gasteiger partial charge in [0.1, 0.15) is 17.2 Å². The summed E-state index contributed by atoms with van der Waals surface area (Å²) in [7, 11) is 0. The summed E-state index contributed by atoms with van der Waals surface area (Å²) in [4.78, 5) is 32.6. The van der Waals surface area contributed by atoms with Gasteiger partial charge < -0.3 is 20.2 Å². The zero-order valence-electron chi connectivity index (χ0n) is 18.1. The molecule has 2 fully saturated rings. The van der Waals surface area contributed by atoms with Gasteiger partial charge in [-0.05, 0) is 38.0 Å². The Morgan fingerprint density at radius 1 is 1.27 bits per heavy atom. The van der Waals surface area contributed by atoms with E-state index in [0.29, 0.717) is 43.0 Å². The Balaban J connectivity index is 1.47. The van der Waals surface area contributed by atoms with Crippen molar-refractivity contribution in [2.75, 3.05) is 24.5 Å². The number of nitrogens with zero attached hydrogens (tertiary/aromatic N) is 3. The van der Waals surface area contributed by atoms with Gasteiger partial charge in [-0.1, -0.05) is 6.07 Å². The van der Waals surface area contributed by atoms with E-state index in [1.165, 1.54) is 18.3 Å². The second-order valence-corrected chi connectivity index (χ2v) is 8.29. The quantitative estimate of drug-likeness (QED) is 0.456. The fourth-order valence-electron chi connectivity index (χ4n) is 4.56. The minimum atomic E-state index is -1.29. The number of aliphatic hydroxyl groups is 1. The number of carbonyl (C=O) groups is 2. The molecule has 0 spiro atoms. The van der Waals surface area contributed by atoms with Gasteiger partial charge in [-0.3, -0.25) is 15.1 Å². The Morgan fingerprint density at radius 3 is 2.61 bits per heavy atom. The van der Waals surface area contributed by atoms with Crippen molar-refractivity contribution < 1.29 is 23.5 Å². The van der Waals surface area contributed by atoms with E-state index in [0.717, 1.165) is 12.3 Å². The zero-order chi connectivity index (χ0) is 23.6. The van der Waals surface area contributed by atoms with Crippen molar-refractivity contribution in [2.45, 2.75) is 31.3 Å². The van der Waals surface area contributed by atoms with Gasteiger partial charge >= 0.3 is 6.03 Å². The average Bonchev–Trinajstić information content (AvgIpc) is 3.08. The molecule has 174 valence electrons. The lowest BCUT2D eigenvalue weighted by Crippen LogP contribution is -2.52. The Hall–Kier alpha value is -3.69. The highest BCUT2D eigenvalue weighted by Gasteiger charge is 2.47. The van der Waals surface area contributed by atoms with Crippen LogP contribution in [0.5, 0.6) is 0 Å². The van der Waals surface area contributed by atoms with E-state index in [-0.39, 0.29) is 12.5 Å². The van der Waals surface area contributed by atoms with Crippen molar-refractivity contribution >= 4 is 17.6 Å². The summed E-state index contributed by atoms with van der Waals surface area (Å²) >= 11 is 0. The molecule has 10 heteroatoms. The molecule has 0 bridgehead atoms. The van der Waals surface area contributed by atoms with Gasteiger partial charge in [0.2, 0.25) is 0 Å². The topological polar surface area (TPSA) is 97.8 Å². The molecule has 4 rings (SSSR count). The summed E-state index contributed by atoms with van der Waals surface area (Å²) in [6, 6.07) is 6.19. The van der Waals surface area contributed by atoms with Crippen molar-refractivity contribution in [2.24, 2.45) is 0 Å². The number of pyridine rings is 1. The number of rotatable bonds is 6. The fraction of sp³-hybridized carbons (Fsp3) is 0.348. The Kier molecular flexibility index (Phi) is 6.17. The molecule has 1 aromatic heterocycles. The lowest BCUT2D eigenvalue weighted by Gasteiger charge is -2.43. The SMILES string of the molecule is C[C@H]1CN(/C(=C/O)CCC2(c3cccnc3)NC(=O)NC2=O)CCN1c1cc(F)cc(F)c1. The van der Waals surface area contributed by atoms with E-state index >= 15 is 0 Å². The molecule has 0 radical (unpaired) electrons. The second kappa shape index (κ2) is 9.05. The molecule has 2 aliphatic rings. The van der Waals surface area contributed by atoms with E-state index in [1.807, 2.05) is 16.7 Å². The highest BCUT2D eigenvalue weighted by molar-refractivity contribution is 6.07. The predicted molar refractivity (Wildman–Crippen MR) is 117 cm³/mol. The molecule has 1 unspecified atom stereocenters. The van der Waals surface area contributed by atoms with Crippen LogP contribution in [0, 0.1) is 11.6 Å². The van der Waals surface area contributed by atoms with Crippen LogP contribution in [0.3, 0.4) is 0 Å². The number of hydrogen-bond donors (Lipinski definition) is 3. The molecule has 1 aromatic carbocycles. The molecule has 0 saturated carbocycles. The Bertz CT molecular complexity index is 1060. The number of aliphatic hydroxyl groups excluding tert-OH is 1. The second-order valence-electron chi connectivity index (χ2n) is 8.29. The highest BCUT2D eigenvalue weighted by atomic mass is 19.1. The molecule has 3 heterocycles. The van der Waals surface area contributed by atoms with Crippen LogP contribution in [-0.2, 0) is 10.3 Å². The number of carbonyl (C=O) groups excluding carboxylic acids is 2. The van der Waals surface area contributed by atoms with Gasteiger partial charge in [0.05, 0.1) is 6.26 Å². The van der Waals surface area contributed by atoms with Crippen molar-refractivity contribution in [1.82, 2.24) is 20.5 Å². The maximum absolute atomic E-state index is 13.7. The molecule has 2 aromatic rings. The third-order valence-corrected chi connectivity index (χ3v) is 6.21. The molecule has 3 N–H and O–H groups in total. The number of imide groups is 1. The molecule has 8 nitrogen and oxygen atoms in total. The monoisotopic (exact) mass is 457 g/mol. The van der Waals surface area contributed by atoms with Crippen molar-refractivity contribution in [3.63, 3.8) is 0 Å². The van der Waals surface area contributed by atoms with Crippen molar-refractivity contribution in [3.8, 4) is 0 Å². The van der Waals surface area contributed by atoms with Crippen LogP contribution < -0.4 is 15.5 Å². The van der Waals surface area contributed by atoms with Crippen LogP contribution in [-0.4, -0.2) is 52.6 Å². The smallest absolute Gasteiger partial charge is 0.322 e. The van der Waals surface area contributed by atoms with Gasteiger partial charge in [0.25, 0.3) is 5.91 Å². The third kappa shape index (κ3) is 4.46. The Labute approximate surface area is 189 Å². The number of halogens is 2. The highest BCUT2D eigenvalue weighted by Crippen LogP contribution is 2.32. The first-order chi connectivity index (χ1) is 15.8. The largest absolute Gasteiger partial charge is 0.514 e. The summed E-state index contributed by atoms with van der Waals surface area (Å²) in [6.07, 6.45) is 4.64. The van der Waals surface area contributed by atoms with E-state index in [1.54, 1.807) is 18.3 Å². The molecule has 2 aliphatic heterocycles. The molecule has 33 heavy (non-hydrogen) atoms. The summed E-state index contributed by atoms with van der Waals surface area (Å²) < 4.78 is 27.3. The third-order valence-electron chi connectivity index (χ3n) is 6.21. The maximum atomic E-state index is 13.7. The number of allylic oxidation sites excluding steroid dienone is 1. The van der Waals surface area contributed by atoms with Crippen LogP contribution in [0.4, 0.5) is 19.3 Å². The summed E-state index contributed by atoms with van der Waals surface area (Å²) in [5, 5.41) is 15.0. The minimum absolute atomic E-state index is 0.0864. The molecule has 2 saturated heterocycles. The van der Waals surface area contributed by atoms with Crippen LogP contribution in [0.25, 0.3) is 0 Å². The predicted octanol–water partition coefficient (Wildman–Crippen LogP) is 2.78. The number of benzene rings is 1. The van der Waals surface area contributed by atoms with Gasteiger partial charge in [-0.2, -0.15) is 0 Å². The molecular formula is C23H25F2N5O3. The first kappa shape index (κ1) is 22.5. The number of amides is 3. The normalized spacial score (nSPS) is 23.5. The van der Waals surface area contributed by atoms with Crippen LogP contribution in [0.1, 0.15) is 25.3 Å². The van der Waals surface area contributed by atoms with Crippen molar-refractivity contribution in [3.05, 3.63) is 71.9 Å². The molecule has 3 amide bonds. The number of anilines is 1. The first-order valence-corrected chi connectivity index (χ1v) is 10.7. The summed E-state index contributed by atoms with van der Waals surface area (Å²) in [5.41, 5.74) is 0.336. The lowest BCUT2D eigenvalue weighted by molar-refractivity contribution is -0.124. The molecule has 0 aliphatic carbocycles. The van der Waals surface area contributed by atoms with E-state index < -0.39 is 29.1 Å². The standard InChI is InChI=1S/C23H25F2N5O3/c1-15-13-29(7-8-30(15)20-10-17(24)9-18(25)11-20)19(14-31)4-5-23(16-3-2-6-26-12-16)21(32)27-22(33)28-23/h2-3,6,9-12,14-15,31H,4-5,7-8,13H2,1H3,(H2,27,28,32,33)/b19-14+/t15-,23?/m0/s1. The van der Waals surface area contributed by atoms with Gasteiger partial charge in [-0.25, -0.2) is 13.6 Å². The van der Waals surface area contributed by atoms with Crippen LogP contribution in [0.2, 0.25) is 0 Å². The van der Waals surface area contributed by atoms with Gasteiger partial charge in [0.15, 0.2) is 0 Å². The summed E-state index contributed by atoms with van der Waals surface area (Å²) in [6.45, 7) is 3.44. The number of hydrogen-bond acceptors (Lipinski definition) is 6. The average molecular weight is 457 g/mol. The van der Waals surface area contributed by atoms with Gasteiger partial charge in [0, 0.05) is 61.1 Å². The number of piperazine rings is 1. The van der Waals surface area contributed by atoms with E-state index in [4.69, 9.17) is 0 Å².